The largest absolute Gasteiger partial charge is 0.496 e. The standard InChI is InChI=1S/C27H23N2O3/c1-16-11-21-13-26-24-15-25(19-5-7-22(8-6-19)29(30)31)27(32-4)14-20(24)9-10-28(26)18(3)23(21)12-17(16)2/h5-15H,1-4H3/q+1. The number of hydrogen-bond acceptors (Lipinski definition) is 3. The van der Waals surface area contributed by atoms with Crippen molar-refractivity contribution in [2.45, 2.75) is 20.8 Å². The summed E-state index contributed by atoms with van der Waals surface area (Å²) in [5.41, 5.74) is 6.71. The van der Waals surface area contributed by atoms with E-state index in [0.717, 1.165) is 33.2 Å². The van der Waals surface area contributed by atoms with E-state index >= 15 is 0 Å². The summed E-state index contributed by atoms with van der Waals surface area (Å²) in [5.74, 6) is 0.736. The fourth-order valence-electron chi connectivity index (χ4n) is 4.47. The maximum Gasteiger partial charge on any atom is 0.269 e. The van der Waals surface area contributed by atoms with Crippen LogP contribution in [-0.4, -0.2) is 12.0 Å². The molecular weight excluding hydrogens is 400 g/mol. The van der Waals surface area contributed by atoms with Crippen molar-refractivity contribution >= 4 is 32.7 Å². The topological polar surface area (TPSA) is 56.5 Å². The van der Waals surface area contributed by atoms with Gasteiger partial charge in [-0.2, -0.15) is 4.40 Å². The van der Waals surface area contributed by atoms with E-state index in [-0.39, 0.29) is 10.6 Å². The van der Waals surface area contributed by atoms with Gasteiger partial charge in [-0.1, -0.05) is 6.07 Å². The van der Waals surface area contributed by atoms with Crippen molar-refractivity contribution in [1.82, 2.24) is 0 Å². The Morgan fingerprint density at radius 1 is 0.844 bits per heavy atom. The zero-order valence-electron chi connectivity index (χ0n) is 18.5. The molecule has 0 atom stereocenters. The lowest BCUT2D eigenvalue weighted by Crippen LogP contribution is -2.25. The minimum atomic E-state index is -0.386. The molecule has 0 aliphatic carbocycles. The molecule has 0 saturated carbocycles. The van der Waals surface area contributed by atoms with Gasteiger partial charge in [0, 0.05) is 42.1 Å². The van der Waals surface area contributed by atoms with Crippen molar-refractivity contribution < 1.29 is 14.1 Å². The van der Waals surface area contributed by atoms with E-state index < -0.39 is 0 Å². The number of hydrogen-bond donors (Lipinski definition) is 0. The number of ether oxygens (including phenoxy) is 1. The molecule has 5 heteroatoms. The Bertz CT molecular complexity index is 1550. The second-order valence-electron chi connectivity index (χ2n) is 8.27. The van der Waals surface area contributed by atoms with Crippen LogP contribution >= 0.6 is 0 Å². The first-order chi connectivity index (χ1) is 15.4. The zero-order chi connectivity index (χ0) is 22.6. The van der Waals surface area contributed by atoms with Crippen LogP contribution < -0.4 is 9.14 Å². The van der Waals surface area contributed by atoms with Gasteiger partial charge >= 0.3 is 0 Å². The van der Waals surface area contributed by atoms with Gasteiger partial charge in [0.1, 0.15) is 5.75 Å². The lowest BCUT2D eigenvalue weighted by Gasteiger charge is -2.12. The first kappa shape index (κ1) is 19.9. The maximum absolute atomic E-state index is 11.1. The fourth-order valence-corrected chi connectivity index (χ4v) is 4.47. The van der Waals surface area contributed by atoms with Crippen molar-refractivity contribution in [2.24, 2.45) is 0 Å². The number of pyridine rings is 2. The molecule has 0 radical (unpaired) electrons. The van der Waals surface area contributed by atoms with Gasteiger partial charge < -0.3 is 4.74 Å². The van der Waals surface area contributed by atoms with E-state index in [1.165, 1.54) is 39.7 Å². The zero-order valence-corrected chi connectivity index (χ0v) is 18.5. The van der Waals surface area contributed by atoms with Gasteiger partial charge in [0.25, 0.3) is 5.69 Å². The molecule has 0 aliphatic rings. The molecule has 0 amide bonds. The van der Waals surface area contributed by atoms with Crippen LogP contribution in [0.2, 0.25) is 0 Å². The normalized spacial score (nSPS) is 11.4. The Kier molecular flexibility index (Phi) is 4.55. The number of non-ortho nitro benzene ring substituents is 1. The predicted molar refractivity (Wildman–Crippen MR) is 127 cm³/mol. The average molecular weight is 423 g/mol. The van der Waals surface area contributed by atoms with Crippen LogP contribution in [0, 0.1) is 30.9 Å². The van der Waals surface area contributed by atoms with Crippen LogP contribution in [0.25, 0.3) is 38.2 Å². The molecule has 5 rings (SSSR count). The fraction of sp³-hybridized carbons (Fsp3) is 0.148. The molecule has 0 fully saturated rings. The number of benzene rings is 3. The van der Waals surface area contributed by atoms with Gasteiger partial charge in [-0.25, -0.2) is 0 Å². The molecule has 0 N–H and O–H groups in total. The van der Waals surface area contributed by atoms with Crippen molar-refractivity contribution in [1.29, 1.82) is 0 Å². The Balaban J connectivity index is 1.83. The van der Waals surface area contributed by atoms with Gasteiger partial charge in [-0.3, -0.25) is 10.1 Å². The van der Waals surface area contributed by atoms with Crippen LogP contribution in [0.3, 0.4) is 0 Å². The summed E-state index contributed by atoms with van der Waals surface area (Å²) < 4.78 is 7.91. The lowest BCUT2D eigenvalue weighted by atomic mass is 9.97. The minimum absolute atomic E-state index is 0.0715. The van der Waals surface area contributed by atoms with Gasteiger partial charge in [0.05, 0.1) is 17.4 Å². The Morgan fingerprint density at radius 3 is 2.25 bits per heavy atom. The first-order valence-electron chi connectivity index (χ1n) is 10.5. The molecule has 0 aliphatic heterocycles. The number of nitrogens with zero attached hydrogens (tertiary/aromatic N) is 2. The molecule has 0 spiro atoms. The van der Waals surface area contributed by atoms with Crippen LogP contribution in [0.4, 0.5) is 5.69 Å². The third-order valence-corrected chi connectivity index (χ3v) is 6.41. The molecule has 32 heavy (non-hydrogen) atoms. The number of aromatic nitrogens is 1. The third kappa shape index (κ3) is 3.05. The number of nitro groups is 1. The van der Waals surface area contributed by atoms with Crippen LogP contribution in [0.5, 0.6) is 5.75 Å². The van der Waals surface area contributed by atoms with E-state index in [2.05, 4.69) is 61.7 Å². The number of fused-ring (bicyclic) bond motifs is 4. The quantitative estimate of drug-likeness (QED) is 0.113. The maximum atomic E-state index is 11.1. The molecular formula is C27H23N2O3+. The summed E-state index contributed by atoms with van der Waals surface area (Å²) in [6.45, 7) is 6.44. The second-order valence-corrected chi connectivity index (χ2v) is 8.27. The van der Waals surface area contributed by atoms with E-state index in [1.54, 1.807) is 19.2 Å². The molecule has 158 valence electrons. The summed E-state index contributed by atoms with van der Waals surface area (Å²) in [6, 6.07) is 19.6. The van der Waals surface area contributed by atoms with Crippen molar-refractivity contribution in [2.75, 3.05) is 7.11 Å². The molecule has 2 heterocycles. The van der Waals surface area contributed by atoms with Crippen LogP contribution in [0.15, 0.2) is 66.9 Å². The summed E-state index contributed by atoms with van der Waals surface area (Å²) in [4.78, 5) is 10.7. The van der Waals surface area contributed by atoms with Gasteiger partial charge in [-0.05, 0) is 71.6 Å². The SMILES string of the molecule is COc1cc2cc[n+]3c(C)c4cc(C)c(C)cc4cc3c2cc1-c1ccc([N+](=O)[O-])cc1. The highest BCUT2D eigenvalue weighted by atomic mass is 16.6. The highest BCUT2D eigenvalue weighted by Gasteiger charge is 2.18. The predicted octanol–water partition coefficient (Wildman–Crippen LogP) is 6.24. The minimum Gasteiger partial charge on any atom is -0.496 e. The van der Waals surface area contributed by atoms with E-state index in [1.807, 2.05) is 6.07 Å². The van der Waals surface area contributed by atoms with Crippen molar-refractivity contribution in [3.8, 4) is 16.9 Å². The van der Waals surface area contributed by atoms with Crippen LogP contribution in [0.1, 0.15) is 16.8 Å². The number of rotatable bonds is 3. The van der Waals surface area contributed by atoms with Gasteiger partial charge in [-0.15, -0.1) is 0 Å². The molecule has 0 unspecified atom stereocenters. The van der Waals surface area contributed by atoms with E-state index in [4.69, 9.17) is 4.74 Å². The van der Waals surface area contributed by atoms with E-state index in [9.17, 15) is 10.1 Å². The number of methoxy groups -OCH3 is 1. The van der Waals surface area contributed by atoms with Crippen molar-refractivity contribution in [3.63, 3.8) is 0 Å². The summed E-state index contributed by atoms with van der Waals surface area (Å²) in [5, 5.41) is 15.7. The average Bonchev–Trinajstić information content (AvgIpc) is 2.79. The van der Waals surface area contributed by atoms with Gasteiger partial charge in [0.15, 0.2) is 11.9 Å². The second kappa shape index (κ2) is 7.31. The monoisotopic (exact) mass is 423 g/mol. The molecule has 0 bridgehead atoms. The molecule has 5 nitrogen and oxygen atoms in total. The summed E-state index contributed by atoms with van der Waals surface area (Å²) >= 11 is 0. The Hall–Kier alpha value is -3.99. The van der Waals surface area contributed by atoms with Crippen LogP contribution in [-0.2, 0) is 0 Å². The molecule has 5 aromatic rings. The smallest absolute Gasteiger partial charge is 0.269 e. The summed E-state index contributed by atoms with van der Waals surface area (Å²) in [7, 11) is 1.65. The third-order valence-electron chi connectivity index (χ3n) is 6.41. The molecule has 3 aromatic carbocycles. The lowest BCUT2D eigenvalue weighted by molar-refractivity contribution is -0.516. The number of aryl methyl sites for hydroxylation is 3. The van der Waals surface area contributed by atoms with E-state index in [0.29, 0.717) is 0 Å². The van der Waals surface area contributed by atoms with Gasteiger partial charge in [0.2, 0.25) is 5.52 Å². The Morgan fingerprint density at radius 2 is 1.56 bits per heavy atom. The van der Waals surface area contributed by atoms with Crippen molar-refractivity contribution in [3.05, 3.63) is 93.8 Å². The summed E-state index contributed by atoms with van der Waals surface area (Å²) in [6.07, 6.45) is 2.10. The number of nitro benzene ring substituents is 1. The molecule has 0 saturated heterocycles. The first-order valence-corrected chi connectivity index (χ1v) is 10.5. The highest BCUT2D eigenvalue weighted by Crippen LogP contribution is 2.36. The Labute approximate surface area is 185 Å². The highest BCUT2D eigenvalue weighted by molar-refractivity contribution is 6.01. The molecule has 2 aromatic heterocycles.